The first kappa shape index (κ1) is 19.8. The fourth-order valence-electron chi connectivity index (χ4n) is 3.08. The van der Waals surface area contributed by atoms with Gasteiger partial charge in [0.1, 0.15) is 0 Å². The van der Waals surface area contributed by atoms with Crippen LogP contribution in [0.2, 0.25) is 0 Å². The van der Waals surface area contributed by atoms with Crippen LogP contribution in [-0.4, -0.2) is 50.3 Å². The molecule has 1 saturated heterocycles. The Kier molecular flexibility index (Phi) is 9.42. The average Bonchev–Trinajstić information content (AvgIpc) is 2.64. The summed E-state index contributed by atoms with van der Waals surface area (Å²) in [7, 11) is 0. The van der Waals surface area contributed by atoms with Gasteiger partial charge in [-0.25, -0.2) is 0 Å². The van der Waals surface area contributed by atoms with Crippen molar-refractivity contribution in [3.63, 3.8) is 0 Å². The first-order valence-electron chi connectivity index (χ1n) is 9.94. The molecule has 0 aliphatic carbocycles. The highest BCUT2D eigenvalue weighted by molar-refractivity contribution is 5.80. The summed E-state index contributed by atoms with van der Waals surface area (Å²) < 4.78 is 5.75. The minimum Gasteiger partial charge on any atom is -0.381 e. The van der Waals surface area contributed by atoms with Crippen LogP contribution in [0.3, 0.4) is 0 Å². The maximum Gasteiger partial charge on any atom is 0.193 e. The number of likely N-dealkylation sites (tertiary alicyclic amines) is 1. The smallest absolute Gasteiger partial charge is 0.193 e. The number of hydrogen-bond donors (Lipinski definition) is 1. The Hall–Kier alpha value is -1.55. The van der Waals surface area contributed by atoms with Gasteiger partial charge < -0.3 is 15.0 Å². The molecule has 0 aromatic heterocycles. The third-order valence-electron chi connectivity index (χ3n) is 4.75. The lowest BCUT2D eigenvalue weighted by Crippen LogP contribution is -2.45. The van der Waals surface area contributed by atoms with Gasteiger partial charge in [-0.3, -0.25) is 4.99 Å². The predicted molar refractivity (Wildman–Crippen MR) is 106 cm³/mol. The van der Waals surface area contributed by atoms with Gasteiger partial charge in [-0.15, -0.1) is 0 Å². The molecule has 1 aromatic rings. The molecule has 0 spiro atoms. The van der Waals surface area contributed by atoms with Crippen molar-refractivity contribution in [1.29, 1.82) is 0 Å². The normalized spacial score (nSPS) is 16.2. The molecular weight excluding hydrogens is 310 g/mol. The Bertz CT molecular complexity index is 481. The summed E-state index contributed by atoms with van der Waals surface area (Å²) >= 11 is 0. The second-order valence-electron chi connectivity index (χ2n) is 6.96. The first-order chi connectivity index (χ1) is 12.3. The summed E-state index contributed by atoms with van der Waals surface area (Å²) in [4.78, 5) is 7.22. The molecule has 0 saturated carbocycles. The van der Waals surface area contributed by atoms with Crippen LogP contribution in [-0.2, 0) is 11.2 Å². The number of nitrogens with zero attached hydrogens (tertiary/aromatic N) is 2. The minimum atomic E-state index is 0.807. The number of hydrogen-bond acceptors (Lipinski definition) is 2. The summed E-state index contributed by atoms with van der Waals surface area (Å²) in [6.07, 6.45) is 5.72. The summed E-state index contributed by atoms with van der Waals surface area (Å²) in [5.74, 6) is 1.95. The van der Waals surface area contributed by atoms with Gasteiger partial charge in [-0.2, -0.15) is 0 Å². The van der Waals surface area contributed by atoms with Gasteiger partial charge >= 0.3 is 0 Å². The van der Waals surface area contributed by atoms with E-state index in [0.29, 0.717) is 0 Å². The summed E-state index contributed by atoms with van der Waals surface area (Å²) in [5.41, 5.74) is 1.35. The number of ether oxygens (including phenoxy) is 1. The van der Waals surface area contributed by atoms with E-state index >= 15 is 0 Å². The third-order valence-corrected chi connectivity index (χ3v) is 4.75. The van der Waals surface area contributed by atoms with Crippen LogP contribution in [0.25, 0.3) is 0 Å². The summed E-state index contributed by atoms with van der Waals surface area (Å²) in [6.45, 7) is 10.2. The van der Waals surface area contributed by atoms with E-state index in [-0.39, 0.29) is 0 Å². The van der Waals surface area contributed by atoms with E-state index in [0.717, 1.165) is 70.5 Å². The highest BCUT2D eigenvalue weighted by Gasteiger charge is 2.18. The number of unbranched alkanes of at least 4 members (excludes halogenated alkanes) is 1. The van der Waals surface area contributed by atoms with E-state index in [1.165, 1.54) is 18.4 Å². The Morgan fingerprint density at radius 3 is 2.64 bits per heavy atom. The summed E-state index contributed by atoms with van der Waals surface area (Å²) in [5, 5.41) is 3.44. The molecule has 0 unspecified atom stereocenters. The van der Waals surface area contributed by atoms with E-state index < -0.39 is 0 Å². The molecule has 0 bridgehead atoms. The molecule has 0 amide bonds. The Labute approximate surface area is 153 Å². The van der Waals surface area contributed by atoms with E-state index in [9.17, 15) is 0 Å². The fraction of sp³-hybridized carbons (Fsp3) is 0.667. The molecule has 1 aromatic carbocycles. The largest absolute Gasteiger partial charge is 0.381 e. The van der Waals surface area contributed by atoms with Gasteiger partial charge in [-0.05, 0) is 50.5 Å². The number of benzene rings is 1. The van der Waals surface area contributed by atoms with Crippen molar-refractivity contribution in [2.75, 3.05) is 39.4 Å². The van der Waals surface area contributed by atoms with Crippen molar-refractivity contribution < 1.29 is 4.74 Å². The van der Waals surface area contributed by atoms with Crippen LogP contribution >= 0.6 is 0 Å². The SMILES string of the molecule is CCNC(=NCCCCOCCc1ccccc1)N1CCC(C)CC1. The lowest BCUT2D eigenvalue weighted by atomic mass is 10.00. The number of nitrogens with one attached hydrogen (secondary N) is 1. The molecule has 0 atom stereocenters. The Balaban J connectivity index is 1.56. The van der Waals surface area contributed by atoms with Gasteiger partial charge in [0.05, 0.1) is 6.61 Å². The number of guanidine groups is 1. The zero-order chi connectivity index (χ0) is 17.7. The van der Waals surface area contributed by atoms with Crippen molar-refractivity contribution in [3.05, 3.63) is 35.9 Å². The van der Waals surface area contributed by atoms with Crippen LogP contribution in [0, 0.1) is 5.92 Å². The maximum atomic E-state index is 5.75. The van der Waals surface area contributed by atoms with Crippen molar-refractivity contribution in [2.45, 2.75) is 46.0 Å². The zero-order valence-corrected chi connectivity index (χ0v) is 16.0. The first-order valence-corrected chi connectivity index (χ1v) is 9.94. The second-order valence-corrected chi connectivity index (χ2v) is 6.96. The topological polar surface area (TPSA) is 36.9 Å². The molecule has 25 heavy (non-hydrogen) atoms. The van der Waals surface area contributed by atoms with E-state index in [4.69, 9.17) is 9.73 Å². The summed E-state index contributed by atoms with van der Waals surface area (Å²) in [6, 6.07) is 10.5. The second kappa shape index (κ2) is 11.9. The molecule has 1 aliphatic rings. The lowest BCUT2D eigenvalue weighted by molar-refractivity contribution is 0.134. The van der Waals surface area contributed by atoms with Gasteiger partial charge in [0, 0.05) is 32.8 Å². The van der Waals surface area contributed by atoms with E-state index in [2.05, 4.69) is 54.4 Å². The van der Waals surface area contributed by atoms with Crippen LogP contribution in [0.5, 0.6) is 0 Å². The third kappa shape index (κ3) is 7.91. The van der Waals surface area contributed by atoms with Crippen molar-refractivity contribution in [1.82, 2.24) is 10.2 Å². The molecule has 140 valence electrons. The molecule has 4 nitrogen and oxygen atoms in total. The molecule has 2 rings (SSSR count). The van der Waals surface area contributed by atoms with Crippen LogP contribution < -0.4 is 5.32 Å². The maximum absolute atomic E-state index is 5.75. The van der Waals surface area contributed by atoms with Gasteiger partial charge in [0.25, 0.3) is 0 Å². The van der Waals surface area contributed by atoms with Crippen molar-refractivity contribution in [2.24, 2.45) is 10.9 Å². The number of aliphatic imine (C=N–C) groups is 1. The van der Waals surface area contributed by atoms with Gasteiger partial charge in [0.15, 0.2) is 5.96 Å². The minimum absolute atomic E-state index is 0.807. The Morgan fingerprint density at radius 2 is 1.92 bits per heavy atom. The van der Waals surface area contributed by atoms with Gasteiger partial charge in [-0.1, -0.05) is 37.3 Å². The average molecular weight is 346 g/mol. The monoisotopic (exact) mass is 345 g/mol. The molecule has 1 heterocycles. The van der Waals surface area contributed by atoms with E-state index in [1.807, 2.05) is 0 Å². The van der Waals surface area contributed by atoms with Crippen molar-refractivity contribution in [3.8, 4) is 0 Å². The number of rotatable bonds is 9. The molecule has 4 heteroatoms. The molecular formula is C21H35N3O. The van der Waals surface area contributed by atoms with Crippen LogP contribution in [0.15, 0.2) is 35.3 Å². The standard InChI is InChI=1S/C21H35N3O/c1-3-22-21(24-15-11-19(2)12-16-24)23-14-7-8-17-25-18-13-20-9-5-4-6-10-20/h4-6,9-10,19H,3,7-8,11-18H2,1-2H3,(H,22,23). The van der Waals surface area contributed by atoms with Gasteiger partial charge in [0.2, 0.25) is 0 Å². The molecule has 1 N–H and O–H groups in total. The van der Waals surface area contributed by atoms with Crippen LogP contribution in [0.4, 0.5) is 0 Å². The van der Waals surface area contributed by atoms with Crippen molar-refractivity contribution >= 4 is 5.96 Å². The van der Waals surface area contributed by atoms with Crippen LogP contribution in [0.1, 0.15) is 45.1 Å². The Morgan fingerprint density at radius 1 is 1.16 bits per heavy atom. The van der Waals surface area contributed by atoms with E-state index in [1.54, 1.807) is 0 Å². The lowest BCUT2D eigenvalue weighted by Gasteiger charge is -2.33. The molecule has 1 fully saturated rings. The molecule has 1 aliphatic heterocycles. The highest BCUT2D eigenvalue weighted by atomic mass is 16.5. The fourth-order valence-corrected chi connectivity index (χ4v) is 3.08. The quantitative estimate of drug-likeness (QED) is 0.421. The highest BCUT2D eigenvalue weighted by Crippen LogP contribution is 2.15. The number of piperidine rings is 1. The zero-order valence-electron chi connectivity index (χ0n) is 16.0. The molecule has 0 radical (unpaired) electrons. The predicted octanol–water partition coefficient (Wildman–Crippen LogP) is 3.72.